The molecule has 62 valence electrons. The molecule has 0 radical (unpaired) electrons. The van der Waals surface area contributed by atoms with Crippen LogP contribution in [-0.2, 0) is 9.53 Å². The van der Waals surface area contributed by atoms with Gasteiger partial charge in [0.2, 0.25) is 5.78 Å². The molecule has 0 aliphatic carbocycles. The maximum absolute atomic E-state index is 10.5. The van der Waals surface area contributed by atoms with Crippen molar-refractivity contribution in [3.63, 3.8) is 0 Å². The lowest BCUT2D eigenvalue weighted by Crippen LogP contribution is -2.08. The summed E-state index contributed by atoms with van der Waals surface area (Å²) in [6.45, 7) is 3.10. The average Bonchev–Trinajstić information content (AvgIpc) is 1.87. The summed E-state index contributed by atoms with van der Waals surface area (Å²) in [7, 11) is 0. The van der Waals surface area contributed by atoms with Crippen LogP contribution in [0.25, 0.3) is 0 Å². The topological polar surface area (TPSA) is 69.4 Å². The maximum Gasteiger partial charge on any atom is 0.345 e. The highest BCUT2D eigenvalue weighted by atomic mass is 16.6. The second kappa shape index (κ2) is 4.43. The van der Waals surface area contributed by atoms with Gasteiger partial charge in [0.15, 0.2) is 6.26 Å². The highest BCUT2D eigenvalue weighted by Gasteiger charge is 2.16. The zero-order chi connectivity index (χ0) is 8.85. The SMILES string of the molecule is CCO/C=C(\C(C)=O)[N+](=O)[O-]. The molecule has 0 amide bonds. The van der Waals surface area contributed by atoms with E-state index in [-0.39, 0.29) is 0 Å². The van der Waals surface area contributed by atoms with E-state index >= 15 is 0 Å². The third-order valence-corrected chi connectivity index (χ3v) is 0.919. The van der Waals surface area contributed by atoms with Crippen LogP contribution in [0.5, 0.6) is 0 Å². The smallest absolute Gasteiger partial charge is 0.345 e. The van der Waals surface area contributed by atoms with Crippen LogP contribution in [0, 0.1) is 10.1 Å². The van der Waals surface area contributed by atoms with Crippen molar-refractivity contribution < 1.29 is 14.5 Å². The lowest BCUT2D eigenvalue weighted by molar-refractivity contribution is -0.420. The maximum atomic E-state index is 10.5. The molecule has 0 aliphatic heterocycles. The van der Waals surface area contributed by atoms with Crippen LogP contribution in [0.1, 0.15) is 13.8 Å². The Labute approximate surface area is 63.8 Å². The molecule has 11 heavy (non-hydrogen) atoms. The average molecular weight is 159 g/mol. The van der Waals surface area contributed by atoms with Crippen LogP contribution in [-0.4, -0.2) is 17.3 Å². The number of ketones is 1. The Hall–Kier alpha value is -1.39. The molecule has 0 bridgehead atoms. The van der Waals surface area contributed by atoms with Crippen LogP contribution >= 0.6 is 0 Å². The van der Waals surface area contributed by atoms with E-state index in [0.717, 1.165) is 13.2 Å². The Bertz CT molecular complexity index is 181. The van der Waals surface area contributed by atoms with Crippen molar-refractivity contribution in [3.05, 3.63) is 22.1 Å². The molecule has 5 nitrogen and oxygen atoms in total. The number of hydrogen-bond donors (Lipinski definition) is 0. The third kappa shape index (κ3) is 3.34. The Kier molecular flexibility index (Phi) is 3.87. The fraction of sp³-hybridized carbons (Fsp3) is 0.500. The van der Waals surface area contributed by atoms with Crippen LogP contribution in [0.2, 0.25) is 0 Å². The molecule has 0 aromatic heterocycles. The van der Waals surface area contributed by atoms with E-state index < -0.39 is 16.4 Å². The number of allylic oxidation sites excluding steroid dienone is 1. The fourth-order valence-electron chi connectivity index (χ4n) is 0.417. The molecular formula is C6H9NO4. The predicted octanol–water partition coefficient (Wildman–Crippen LogP) is 0.730. The van der Waals surface area contributed by atoms with Gasteiger partial charge in [-0.05, 0) is 6.92 Å². The van der Waals surface area contributed by atoms with Gasteiger partial charge in [0.05, 0.1) is 11.5 Å². The summed E-state index contributed by atoms with van der Waals surface area (Å²) >= 11 is 0. The molecule has 0 unspecified atom stereocenters. The van der Waals surface area contributed by atoms with E-state index in [1.54, 1.807) is 6.92 Å². The summed E-state index contributed by atoms with van der Waals surface area (Å²) in [6.07, 6.45) is 0.863. The van der Waals surface area contributed by atoms with Gasteiger partial charge >= 0.3 is 5.70 Å². The van der Waals surface area contributed by atoms with Crippen LogP contribution in [0.15, 0.2) is 12.0 Å². The molecule has 0 N–H and O–H groups in total. The van der Waals surface area contributed by atoms with E-state index in [9.17, 15) is 14.9 Å². The quantitative estimate of drug-likeness (QED) is 0.262. The molecule has 0 spiro atoms. The Morgan fingerprint density at radius 3 is 2.55 bits per heavy atom. The summed E-state index contributed by atoms with van der Waals surface area (Å²) in [6, 6.07) is 0. The molecule has 0 aromatic rings. The van der Waals surface area contributed by atoms with E-state index in [4.69, 9.17) is 0 Å². The predicted molar refractivity (Wildman–Crippen MR) is 37.4 cm³/mol. The van der Waals surface area contributed by atoms with Gasteiger partial charge in [0, 0.05) is 6.92 Å². The number of Topliss-reactive ketones (excluding diaryl/α,β-unsaturated/α-hetero) is 1. The first-order valence-electron chi connectivity index (χ1n) is 3.06. The van der Waals surface area contributed by atoms with Crippen LogP contribution < -0.4 is 0 Å². The Morgan fingerprint density at radius 2 is 2.27 bits per heavy atom. The molecule has 0 fully saturated rings. The number of ether oxygens (including phenoxy) is 1. The zero-order valence-electron chi connectivity index (χ0n) is 6.36. The van der Waals surface area contributed by atoms with Gasteiger partial charge < -0.3 is 4.74 Å². The first-order chi connectivity index (χ1) is 5.09. The number of rotatable bonds is 4. The van der Waals surface area contributed by atoms with Crippen molar-refractivity contribution in [1.82, 2.24) is 0 Å². The first kappa shape index (κ1) is 9.61. The van der Waals surface area contributed by atoms with E-state index in [1.165, 1.54) is 0 Å². The Balaban J connectivity index is 4.33. The largest absolute Gasteiger partial charge is 0.494 e. The summed E-state index contributed by atoms with van der Waals surface area (Å²) in [5, 5.41) is 10.1. The van der Waals surface area contributed by atoms with Gasteiger partial charge in [-0.15, -0.1) is 0 Å². The van der Waals surface area contributed by atoms with Gasteiger partial charge in [0.1, 0.15) is 0 Å². The van der Waals surface area contributed by atoms with Gasteiger partial charge in [-0.25, -0.2) is 0 Å². The summed E-state index contributed by atoms with van der Waals surface area (Å²) < 4.78 is 4.59. The summed E-state index contributed by atoms with van der Waals surface area (Å²) in [5.74, 6) is -0.608. The van der Waals surface area contributed by atoms with Crippen molar-refractivity contribution in [3.8, 4) is 0 Å². The minimum atomic E-state index is -0.766. The molecule has 5 heteroatoms. The molecular weight excluding hydrogens is 150 g/mol. The van der Waals surface area contributed by atoms with Gasteiger partial charge in [0.25, 0.3) is 0 Å². The number of carbonyl (C=O) groups is 1. The lowest BCUT2D eigenvalue weighted by Gasteiger charge is -1.93. The van der Waals surface area contributed by atoms with Crippen LogP contribution in [0.3, 0.4) is 0 Å². The van der Waals surface area contributed by atoms with E-state index in [0.29, 0.717) is 6.61 Å². The number of hydrogen-bond acceptors (Lipinski definition) is 4. The normalized spacial score (nSPS) is 10.9. The third-order valence-electron chi connectivity index (χ3n) is 0.919. The van der Waals surface area contributed by atoms with Gasteiger partial charge in [-0.1, -0.05) is 0 Å². The minimum Gasteiger partial charge on any atom is -0.494 e. The molecule has 0 atom stereocenters. The van der Waals surface area contributed by atoms with E-state index in [1.807, 2.05) is 0 Å². The summed E-state index contributed by atoms with van der Waals surface area (Å²) in [5.41, 5.74) is -0.521. The molecule has 0 aromatic carbocycles. The second-order valence-corrected chi connectivity index (χ2v) is 1.77. The highest BCUT2D eigenvalue weighted by molar-refractivity contribution is 5.90. The number of carbonyl (C=O) groups excluding carboxylic acids is 1. The Morgan fingerprint density at radius 1 is 1.73 bits per heavy atom. The monoisotopic (exact) mass is 159 g/mol. The lowest BCUT2D eigenvalue weighted by atomic mass is 10.3. The minimum absolute atomic E-state index is 0.310. The second-order valence-electron chi connectivity index (χ2n) is 1.77. The van der Waals surface area contributed by atoms with Crippen molar-refractivity contribution in [2.45, 2.75) is 13.8 Å². The molecule has 0 rings (SSSR count). The van der Waals surface area contributed by atoms with Crippen molar-refractivity contribution in [1.29, 1.82) is 0 Å². The standard InChI is InChI=1S/C6H9NO4/c1-3-11-4-6(5(2)8)7(9)10/h4H,3H2,1-2H3/b6-4+. The number of nitrogens with zero attached hydrogens (tertiary/aromatic N) is 1. The van der Waals surface area contributed by atoms with Crippen molar-refractivity contribution in [2.75, 3.05) is 6.61 Å². The van der Waals surface area contributed by atoms with Crippen molar-refractivity contribution >= 4 is 5.78 Å². The van der Waals surface area contributed by atoms with Crippen LogP contribution in [0.4, 0.5) is 0 Å². The van der Waals surface area contributed by atoms with Gasteiger partial charge in [-0.3, -0.25) is 14.9 Å². The summed E-state index contributed by atoms with van der Waals surface area (Å²) in [4.78, 5) is 19.8. The fourth-order valence-corrected chi connectivity index (χ4v) is 0.417. The molecule has 0 saturated carbocycles. The van der Waals surface area contributed by atoms with Crippen molar-refractivity contribution in [2.24, 2.45) is 0 Å². The zero-order valence-corrected chi connectivity index (χ0v) is 6.36. The van der Waals surface area contributed by atoms with Gasteiger partial charge in [-0.2, -0.15) is 0 Å². The molecule has 0 heterocycles. The molecule has 0 aliphatic rings. The number of nitro groups is 1. The first-order valence-corrected chi connectivity index (χ1v) is 3.06. The highest BCUT2D eigenvalue weighted by Crippen LogP contribution is 1.96. The van der Waals surface area contributed by atoms with E-state index in [2.05, 4.69) is 4.74 Å². The molecule has 0 saturated heterocycles.